The van der Waals surface area contributed by atoms with Crippen LogP contribution in [0.5, 0.6) is 0 Å². The molecule has 6 nitrogen and oxygen atoms in total. The summed E-state index contributed by atoms with van der Waals surface area (Å²) < 4.78 is 40.5. The summed E-state index contributed by atoms with van der Waals surface area (Å²) in [5.74, 6) is -3.27. The van der Waals surface area contributed by atoms with Crippen molar-refractivity contribution in [2.45, 2.75) is 37.1 Å². The van der Waals surface area contributed by atoms with E-state index in [9.17, 15) is 27.6 Å². The predicted molar refractivity (Wildman–Crippen MR) is 136 cm³/mol. The van der Waals surface area contributed by atoms with Crippen molar-refractivity contribution in [2.75, 3.05) is 16.3 Å². The Hall–Kier alpha value is -3.98. The Morgan fingerprint density at radius 3 is 2.38 bits per heavy atom. The molecule has 0 radical (unpaired) electrons. The maximum Gasteiger partial charge on any atom is 0.416 e. The number of anilines is 2. The summed E-state index contributed by atoms with van der Waals surface area (Å²) in [4.78, 5) is 47.3. The number of hydrogen-bond donors (Lipinski definition) is 0. The molecule has 198 valence electrons. The monoisotopic (exact) mass is 531 g/mol. The summed E-state index contributed by atoms with van der Waals surface area (Å²) >= 11 is 0. The number of benzene rings is 3. The minimum Gasteiger partial charge on any atom is -0.306 e. The van der Waals surface area contributed by atoms with Gasteiger partial charge in [-0.05, 0) is 49.2 Å². The molecule has 0 aliphatic carbocycles. The van der Waals surface area contributed by atoms with E-state index in [0.29, 0.717) is 30.8 Å². The molecule has 3 amide bonds. The highest BCUT2D eigenvalue weighted by Crippen LogP contribution is 2.62. The third kappa shape index (κ3) is 3.16. The van der Waals surface area contributed by atoms with Crippen molar-refractivity contribution in [2.24, 2.45) is 11.8 Å². The normalized spacial score (nSPS) is 28.0. The van der Waals surface area contributed by atoms with E-state index in [1.54, 1.807) is 4.90 Å². The lowest BCUT2D eigenvalue weighted by atomic mass is 9.75. The fraction of sp³-hybridized carbons (Fsp3) is 0.300. The molecule has 1 spiro atoms. The molecule has 0 bridgehead atoms. The van der Waals surface area contributed by atoms with Gasteiger partial charge in [-0.15, -0.1) is 0 Å². The average Bonchev–Trinajstić information content (AvgIpc) is 3.63. The largest absolute Gasteiger partial charge is 0.416 e. The van der Waals surface area contributed by atoms with Gasteiger partial charge in [-0.2, -0.15) is 13.2 Å². The van der Waals surface area contributed by atoms with E-state index in [2.05, 4.69) is 0 Å². The van der Waals surface area contributed by atoms with Crippen LogP contribution in [0, 0.1) is 11.8 Å². The van der Waals surface area contributed by atoms with Gasteiger partial charge in [0.25, 0.3) is 5.91 Å². The second kappa shape index (κ2) is 8.26. The Morgan fingerprint density at radius 2 is 1.62 bits per heavy atom. The number of amides is 3. The van der Waals surface area contributed by atoms with Gasteiger partial charge in [0.15, 0.2) is 0 Å². The molecule has 4 aliphatic heterocycles. The molecule has 0 N–H and O–H groups in total. The smallest absolute Gasteiger partial charge is 0.306 e. The summed E-state index contributed by atoms with van der Waals surface area (Å²) in [6, 6.07) is 20.8. The predicted octanol–water partition coefficient (Wildman–Crippen LogP) is 4.73. The van der Waals surface area contributed by atoms with Crippen LogP contribution in [-0.4, -0.2) is 35.2 Å². The van der Waals surface area contributed by atoms with Crippen LogP contribution in [0.1, 0.15) is 29.5 Å². The Kier molecular flexibility index (Phi) is 5.10. The summed E-state index contributed by atoms with van der Waals surface area (Å²) in [6.07, 6.45) is -3.24. The molecular formula is C30H24F3N3O3. The number of rotatable bonds is 3. The van der Waals surface area contributed by atoms with Crippen molar-refractivity contribution in [3.63, 3.8) is 0 Å². The third-order valence-corrected chi connectivity index (χ3v) is 8.76. The Bertz CT molecular complexity index is 1520. The molecule has 39 heavy (non-hydrogen) atoms. The molecular weight excluding hydrogens is 507 g/mol. The first kappa shape index (κ1) is 24.1. The SMILES string of the molecule is O=C1[C@@H]2[C@H]3CCCN3[C@]3(C(=O)N(Cc4ccccc4)c4ccccc43)[C@H]2C(=O)N1c1cccc(C(F)(F)F)c1. The second-order valence-electron chi connectivity index (χ2n) is 10.6. The highest BCUT2D eigenvalue weighted by atomic mass is 19.4. The maximum atomic E-state index is 14.6. The van der Waals surface area contributed by atoms with E-state index in [-0.39, 0.29) is 17.6 Å². The van der Waals surface area contributed by atoms with E-state index in [1.165, 1.54) is 12.1 Å². The van der Waals surface area contributed by atoms with Crippen LogP contribution in [0.15, 0.2) is 78.9 Å². The van der Waals surface area contributed by atoms with Crippen molar-refractivity contribution in [1.82, 2.24) is 4.90 Å². The number of carbonyl (C=O) groups excluding carboxylic acids is 3. The van der Waals surface area contributed by atoms with Gasteiger partial charge >= 0.3 is 6.18 Å². The van der Waals surface area contributed by atoms with E-state index in [1.807, 2.05) is 59.5 Å². The van der Waals surface area contributed by atoms with Gasteiger partial charge in [0.2, 0.25) is 11.8 Å². The lowest BCUT2D eigenvalue weighted by Gasteiger charge is -2.37. The topological polar surface area (TPSA) is 60.9 Å². The Labute approximate surface area is 222 Å². The zero-order chi connectivity index (χ0) is 27.1. The van der Waals surface area contributed by atoms with Crippen LogP contribution in [0.2, 0.25) is 0 Å². The van der Waals surface area contributed by atoms with E-state index < -0.39 is 40.9 Å². The van der Waals surface area contributed by atoms with Gasteiger partial charge in [0.05, 0.1) is 29.6 Å². The van der Waals surface area contributed by atoms with E-state index >= 15 is 0 Å². The first-order valence-electron chi connectivity index (χ1n) is 13.0. The lowest BCUT2D eigenvalue weighted by molar-refractivity contribution is -0.138. The minimum absolute atomic E-state index is 0.117. The fourth-order valence-electron chi connectivity index (χ4n) is 7.34. The number of nitrogens with zero attached hydrogens (tertiary/aromatic N) is 3. The summed E-state index contributed by atoms with van der Waals surface area (Å²) in [7, 11) is 0. The van der Waals surface area contributed by atoms with Crippen molar-refractivity contribution < 1.29 is 27.6 Å². The van der Waals surface area contributed by atoms with Crippen molar-refractivity contribution in [3.05, 3.63) is 95.6 Å². The molecule has 3 fully saturated rings. The first-order valence-corrected chi connectivity index (χ1v) is 13.0. The number of fused-ring (bicyclic) bond motifs is 7. The number of halogens is 3. The second-order valence-corrected chi connectivity index (χ2v) is 10.6. The van der Waals surface area contributed by atoms with Crippen LogP contribution >= 0.6 is 0 Å². The zero-order valence-electron chi connectivity index (χ0n) is 20.8. The maximum absolute atomic E-state index is 14.6. The van der Waals surface area contributed by atoms with Gasteiger partial charge in [0.1, 0.15) is 5.54 Å². The van der Waals surface area contributed by atoms with Gasteiger partial charge < -0.3 is 4.90 Å². The van der Waals surface area contributed by atoms with Crippen LogP contribution in [-0.2, 0) is 32.6 Å². The van der Waals surface area contributed by atoms with Crippen molar-refractivity contribution in [3.8, 4) is 0 Å². The highest BCUT2D eigenvalue weighted by Gasteiger charge is 2.75. The zero-order valence-corrected chi connectivity index (χ0v) is 20.8. The molecule has 9 heteroatoms. The van der Waals surface area contributed by atoms with Gasteiger partial charge in [-0.25, -0.2) is 4.90 Å². The third-order valence-electron chi connectivity index (χ3n) is 8.76. The number of alkyl halides is 3. The highest BCUT2D eigenvalue weighted by molar-refractivity contribution is 6.26. The van der Waals surface area contributed by atoms with Gasteiger partial charge in [0, 0.05) is 17.3 Å². The molecule has 0 unspecified atom stereocenters. The molecule has 0 saturated carbocycles. The van der Waals surface area contributed by atoms with E-state index in [0.717, 1.165) is 29.0 Å². The lowest BCUT2D eigenvalue weighted by Crippen LogP contribution is -2.55. The van der Waals surface area contributed by atoms with Crippen LogP contribution < -0.4 is 9.80 Å². The quantitative estimate of drug-likeness (QED) is 0.459. The summed E-state index contributed by atoms with van der Waals surface area (Å²) in [5, 5.41) is 0. The molecule has 4 atom stereocenters. The van der Waals surface area contributed by atoms with Gasteiger partial charge in [-0.3, -0.25) is 19.3 Å². The van der Waals surface area contributed by atoms with Gasteiger partial charge in [-0.1, -0.05) is 54.6 Å². The summed E-state index contributed by atoms with van der Waals surface area (Å²) in [5.41, 5.74) is -0.155. The van der Waals surface area contributed by atoms with Crippen molar-refractivity contribution >= 4 is 29.1 Å². The number of imide groups is 1. The molecule has 3 aromatic rings. The number of para-hydroxylation sites is 1. The Morgan fingerprint density at radius 1 is 0.872 bits per heavy atom. The van der Waals surface area contributed by atoms with E-state index in [4.69, 9.17) is 0 Å². The molecule has 3 aromatic carbocycles. The molecule has 3 saturated heterocycles. The fourth-order valence-corrected chi connectivity index (χ4v) is 7.34. The molecule has 0 aromatic heterocycles. The van der Waals surface area contributed by atoms with Crippen LogP contribution in [0.25, 0.3) is 0 Å². The molecule has 4 aliphatic rings. The van der Waals surface area contributed by atoms with Crippen LogP contribution in [0.3, 0.4) is 0 Å². The van der Waals surface area contributed by atoms with Crippen LogP contribution in [0.4, 0.5) is 24.5 Å². The molecule has 7 rings (SSSR count). The number of carbonyl (C=O) groups is 3. The Balaban J connectivity index is 1.37. The minimum atomic E-state index is -4.63. The molecule has 4 heterocycles. The first-order chi connectivity index (χ1) is 18.7. The number of hydrogen-bond acceptors (Lipinski definition) is 4. The van der Waals surface area contributed by atoms with Crippen molar-refractivity contribution in [1.29, 1.82) is 0 Å². The average molecular weight is 532 g/mol. The standard InChI is InChI=1S/C30H24F3N3O3/c31-30(32,33)19-10-6-11-20(16-19)36-26(37)24-23-14-7-15-35(23)29(25(24)27(36)38)21-12-4-5-13-22(21)34(28(29)39)17-18-8-2-1-3-9-18/h1-6,8-13,16,23-25H,7,14-15,17H2/t23-,24-,25-,29+/m1/s1. The summed E-state index contributed by atoms with van der Waals surface area (Å²) in [6.45, 7) is 0.856.